The number of para-hydroxylation sites is 2. The highest BCUT2D eigenvalue weighted by atomic mass is 35.5. The maximum Gasteiger partial charge on any atom is 0.344 e. The standard InChI is InChI=1S/C26H44NO.C6H5Cl/c1-3-4-5-6-7-8-9-10-11-12-13-14-15-16-17-20-23-27-24(2)28-26-22-19-18-21-25(26)27;7-6-4-2-1-3-5-6/h18-19,21-22H,3-17,20,23H2,1-2H3;1-5H/q+1;. The lowest BCUT2D eigenvalue weighted by Gasteiger charge is -2.03. The van der Waals surface area contributed by atoms with Crippen LogP contribution in [0.25, 0.3) is 11.1 Å². The number of fused-ring (bicyclic) bond motifs is 1. The Bertz CT molecular complexity index is 889. The Morgan fingerprint density at radius 3 is 1.54 bits per heavy atom. The first-order valence-electron chi connectivity index (χ1n) is 14.3. The molecular formula is C32H49ClNO+. The van der Waals surface area contributed by atoms with Crippen LogP contribution >= 0.6 is 11.6 Å². The molecule has 0 atom stereocenters. The minimum Gasteiger partial charge on any atom is -0.402 e. The molecule has 0 fully saturated rings. The second kappa shape index (κ2) is 19.4. The fourth-order valence-electron chi connectivity index (χ4n) is 4.66. The summed E-state index contributed by atoms with van der Waals surface area (Å²) in [7, 11) is 0. The highest BCUT2D eigenvalue weighted by molar-refractivity contribution is 6.30. The Morgan fingerprint density at radius 2 is 1.06 bits per heavy atom. The van der Waals surface area contributed by atoms with E-state index in [1.54, 1.807) is 0 Å². The van der Waals surface area contributed by atoms with E-state index in [-0.39, 0.29) is 0 Å². The number of aromatic nitrogens is 1. The van der Waals surface area contributed by atoms with Gasteiger partial charge in [0, 0.05) is 17.5 Å². The van der Waals surface area contributed by atoms with Gasteiger partial charge < -0.3 is 4.42 Å². The maximum absolute atomic E-state index is 5.84. The third-order valence-corrected chi connectivity index (χ3v) is 7.01. The number of rotatable bonds is 17. The average Bonchev–Trinajstić information content (AvgIpc) is 3.19. The molecule has 0 N–H and O–H groups in total. The maximum atomic E-state index is 5.84. The number of halogens is 1. The van der Waals surface area contributed by atoms with Gasteiger partial charge in [-0.05, 0) is 24.6 Å². The Labute approximate surface area is 220 Å². The van der Waals surface area contributed by atoms with Gasteiger partial charge in [-0.2, -0.15) is 4.57 Å². The first kappa shape index (κ1) is 29.4. The van der Waals surface area contributed by atoms with Crippen LogP contribution in [0.1, 0.15) is 116 Å². The fourth-order valence-corrected chi connectivity index (χ4v) is 4.81. The van der Waals surface area contributed by atoms with E-state index < -0.39 is 0 Å². The van der Waals surface area contributed by atoms with Crippen LogP contribution in [0, 0.1) is 6.92 Å². The molecule has 0 saturated heterocycles. The van der Waals surface area contributed by atoms with Gasteiger partial charge in [0.2, 0.25) is 5.58 Å². The Kier molecular flexibility index (Phi) is 16.3. The number of hydrogen-bond donors (Lipinski definition) is 0. The summed E-state index contributed by atoms with van der Waals surface area (Å²) in [5, 5.41) is 0.794. The molecule has 0 unspecified atom stereocenters. The van der Waals surface area contributed by atoms with Crippen molar-refractivity contribution in [3.8, 4) is 0 Å². The summed E-state index contributed by atoms with van der Waals surface area (Å²) in [4.78, 5) is 0. The number of benzene rings is 2. The van der Waals surface area contributed by atoms with Crippen molar-refractivity contribution in [2.75, 3.05) is 0 Å². The van der Waals surface area contributed by atoms with E-state index in [0.717, 1.165) is 23.0 Å². The Morgan fingerprint density at radius 1 is 0.600 bits per heavy atom. The molecule has 3 rings (SSSR count). The van der Waals surface area contributed by atoms with E-state index in [0.29, 0.717) is 0 Å². The van der Waals surface area contributed by atoms with Gasteiger partial charge in [-0.3, -0.25) is 0 Å². The topological polar surface area (TPSA) is 17.0 Å². The zero-order valence-corrected chi connectivity index (χ0v) is 23.2. The zero-order valence-electron chi connectivity index (χ0n) is 22.5. The van der Waals surface area contributed by atoms with E-state index >= 15 is 0 Å². The Hall–Kier alpha value is -1.80. The van der Waals surface area contributed by atoms with Crippen molar-refractivity contribution < 1.29 is 8.98 Å². The normalized spacial score (nSPS) is 10.9. The predicted molar refractivity (Wildman–Crippen MR) is 152 cm³/mol. The molecule has 2 nitrogen and oxygen atoms in total. The minimum atomic E-state index is 0.794. The SMILES string of the molecule is CCCCCCCCCCCCCCCCCC[n+]1c(C)oc2ccccc21.Clc1ccccc1. The van der Waals surface area contributed by atoms with Crippen molar-refractivity contribution in [2.45, 2.75) is 123 Å². The smallest absolute Gasteiger partial charge is 0.344 e. The third-order valence-electron chi connectivity index (χ3n) is 6.76. The molecule has 35 heavy (non-hydrogen) atoms. The molecule has 0 bridgehead atoms. The van der Waals surface area contributed by atoms with Crippen LogP contribution < -0.4 is 4.57 Å². The van der Waals surface area contributed by atoms with E-state index in [2.05, 4.69) is 36.6 Å². The molecular weight excluding hydrogens is 450 g/mol. The molecule has 2 aromatic carbocycles. The average molecular weight is 499 g/mol. The lowest BCUT2D eigenvalue weighted by atomic mass is 10.0. The van der Waals surface area contributed by atoms with Crippen molar-refractivity contribution in [1.29, 1.82) is 0 Å². The highest BCUT2D eigenvalue weighted by Gasteiger charge is 2.17. The monoisotopic (exact) mass is 498 g/mol. The van der Waals surface area contributed by atoms with E-state index in [9.17, 15) is 0 Å². The molecule has 3 aromatic rings. The van der Waals surface area contributed by atoms with Crippen LogP contribution in [0.2, 0.25) is 5.02 Å². The van der Waals surface area contributed by atoms with E-state index in [1.807, 2.05) is 36.4 Å². The molecule has 0 aliphatic rings. The summed E-state index contributed by atoms with van der Waals surface area (Å²) in [6.07, 6.45) is 22.7. The van der Waals surface area contributed by atoms with Gasteiger partial charge >= 0.3 is 5.89 Å². The van der Waals surface area contributed by atoms with Gasteiger partial charge in [0.05, 0.1) is 6.92 Å². The first-order valence-corrected chi connectivity index (χ1v) is 14.7. The number of nitrogens with zero attached hydrogens (tertiary/aromatic N) is 1. The van der Waals surface area contributed by atoms with Crippen molar-refractivity contribution in [1.82, 2.24) is 0 Å². The third kappa shape index (κ3) is 13.2. The molecule has 1 aromatic heterocycles. The van der Waals surface area contributed by atoms with Gasteiger partial charge in [-0.15, -0.1) is 0 Å². The quantitative estimate of drug-likeness (QED) is 0.133. The van der Waals surface area contributed by atoms with Crippen LogP contribution in [0.15, 0.2) is 59.0 Å². The molecule has 194 valence electrons. The zero-order chi connectivity index (χ0) is 25.0. The minimum absolute atomic E-state index is 0.794. The van der Waals surface area contributed by atoms with E-state index in [1.165, 1.54) is 108 Å². The van der Waals surface area contributed by atoms with Crippen LogP contribution in [0.5, 0.6) is 0 Å². The lowest BCUT2D eigenvalue weighted by molar-refractivity contribution is -0.683. The summed E-state index contributed by atoms with van der Waals surface area (Å²) >= 11 is 5.54. The van der Waals surface area contributed by atoms with Crippen molar-refractivity contribution >= 4 is 22.7 Å². The van der Waals surface area contributed by atoms with Gasteiger partial charge in [0.25, 0.3) is 5.52 Å². The summed E-state index contributed by atoms with van der Waals surface area (Å²) in [6, 6.07) is 17.8. The Balaban J connectivity index is 0.000000527. The molecule has 0 radical (unpaired) electrons. The first-order chi connectivity index (χ1) is 17.2. The van der Waals surface area contributed by atoms with Gasteiger partial charge in [0.1, 0.15) is 0 Å². The molecule has 0 aliphatic heterocycles. The van der Waals surface area contributed by atoms with E-state index in [4.69, 9.17) is 16.0 Å². The summed E-state index contributed by atoms with van der Waals surface area (Å²) < 4.78 is 8.17. The number of hydrogen-bond acceptors (Lipinski definition) is 1. The fraction of sp³-hybridized carbons (Fsp3) is 0.594. The number of oxazole rings is 1. The van der Waals surface area contributed by atoms with Gasteiger partial charge in [-0.1, -0.05) is 139 Å². The number of unbranched alkanes of at least 4 members (excludes halogenated alkanes) is 15. The van der Waals surface area contributed by atoms with Crippen LogP contribution in [0.4, 0.5) is 0 Å². The van der Waals surface area contributed by atoms with Crippen molar-refractivity contribution in [3.05, 3.63) is 65.5 Å². The van der Waals surface area contributed by atoms with Gasteiger partial charge in [0.15, 0.2) is 6.54 Å². The summed E-state index contributed by atoms with van der Waals surface area (Å²) in [5.74, 6) is 1.03. The van der Waals surface area contributed by atoms with Crippen molar-refractivity contribution in [3.63, 3.8) is 0 Å². The summed E-state index contributed by atoms with van der Waals surface area (Å²) in [6.45, 7) is 5.45. The molecule has 1 heterocycles. The van der Waals surface area contributed by atoms with Crippen molar-refractivity contribution in [2.24, 2.45) is 0 Å². The highest BCUT2D eigenvalue weighted by Crippen LogP contribution is 2.15. The molecule has 0 aliphatic carbocycles. The largest absolute Gasteiger partial charge is 0.402 e. The molecule has 0 spiro atoms. The molecule has 0 saturated carbocycles. The second-order valence-corrected chi connectivity index (χ2v) is 10.3. The second-order valence-electron chi connectivity index (χ2n) is 9.84. The summed E-state index contributed by atoms with van der Waals surface area (Å²) in [5.41, 5.74) is 2.25. The lowest BCUT2D eigenvalue weighted by Crippen LogP contribution is -2.35. The van der Waals surface area contributed by atoms with Crippen LogP contribution in [-0.2, 0) is 6.54 Å². The van der Waals surface area contributed by atoms with Crippen LogP contribution in [0.3, 0.4) is 0 Å². The number of aryl methyl sites for hydroxylation is 2. The predicted octanol–water partition coefficient (Wildman–Crippen LogP) is 10.6. The molecule has 0 amide bonds. The van der Waals surface area contributed by atoms with Gasteiger partial charge in [-0.25, -0.2) is 0 Å². The van der Waals surface area contributed by atoms with Crippen LogP contribution in [-0.4, -0.2) is 0 Å². The molecule has 3 heteroatoms.